The van der Waals surface area contributed by atoms with Crippen LogP contribution < -0.4 is 11.1 Å². The van der Waals surface area contributed by atoms with Gasteiger partial charge in [-0.1, -0.05) is 35.9 Å². The molecule has 1 aliphatic heterocycles. The number of rotatable bonds is 7. The zero-order chi connectivity index (χ0) is 26.4. The van der Waals surface area contributed by atoms with E-state index in [1.165, 1.54) is 26.0 Å². The van der Waals surface area contributed by atoms with Crippen molar-refractivity contribution in [3.8, 4) is 11.5 Å². The van der Waals surface area contributed by atoms with Gasteiger partial charge in [-0.2, -0.15) is 0 Å². The van der Waals surface area contributed by atoms with Crippen LogP contribution in [0.2, 0.25) is 5.02 Å². The molecule has 0 saturated carbocycles. The van der Waals surface area contributed by atoms with E-state index in [1.807, 2.05) is 24.3 Å². The first-order chi connectivity index (χ1) is 17.6. The van der Waals surface area contributed by atoms with E-state index in [9.17, 15) is 13.6 Å². The Morgan fingerprint density at radius 3 is 2.19 bits per heavy atom. The molecule has 0 bridgehead atoms. The predicted octanol–water partition coefficient (Wildman–Crippen LogP) is 6.21. The molecule has 0 radical (unpaired) electrons. The molecule has 5 nitrogen and oxygen atoms in total. The van der Waals surface area contributed by atoms with Crippen LogP contribution in [-0.4, -0.2) is 29.0 Å². The molecule has 4 aromatic rings. The molecule has 0 amide bonds. The van der Waals surface area contributed by atoms with E-state index in [1.54, 1.807) is 24.3 Å². The Morgan fingerprint density at radius 1 is 0.973 bits per heavy atom. The maximum absolute atomic E-state index is 16.2. The normalized spacial score (nSPS) is 16.7. The van der Waals surface area contributed by atoms with Gasteiger partial charge in [0.25, 0.3) is 0 Å². The van der Waals surface area contributed by atoms with Crippen LogP contribution in [0.3, 0.4) is 0 Å². The highest BCUT2D eigenvalue weighted by Gasteiger charge is 2.56. The van der Waals surface area contributed by atoms with Crippen molar-refractivity contribution in [2.75, 3.05) is 13.1 Å². The van der Waals surface area contributed by atoms with E-state index in [2.05, 4.69) is 15.5 Å². The first kappa shape index (κ1) is 25.3. The van der Waals surface area contributed by atoms with Crippen LogP contribution >= 0.6 is 11.6 Å². The summed E-state index contributed by atoms with van der Waals surface area (Å²) in [4.78, 5) is 11.6. The van der Waals surface area contributed by atoms with Gasteiger partial charge in [0.1, 0.15) is 17.3 Å². The second kappa shape index (κ2) is 9.50. The molecule has 0 unspecified atom stereocenters. The first-order valence-corrected chi connectivity index (χ1v) is 12.2. The van der Waals surface area contributed by atoms with E-state index in [-0.39, 0.29) is 11.5 Å². The predicted molar refractivity (Wildman–Crippen MR) is 135 cm³/mol. The summed E-state index contributed by atoms with van der Waals surface area (Å²) in [6.45, 7) is 3.68. The molecule has 192 valence electrons. The van der Waals surface area contributed by atoms with Crippen molar-refractivity contribution in [1.82, 2.24) is 15.5 Å². The fourth-order valence-electron chi connectivity index (χ4n) is 5.86. The minimum Gasteiger partial charge on any atom is -0.388 e. The summed E-state index contributed by atoms with van der Waals surface area (Å²) in [5, 5.41) is 10.0. The number of nitrogens with one attached hydrogen (secondary N) is 2. The standard InChI is InChI=1S/C28H25ClF3N3O2/c1-27(2,32)24(19-11-21(30)13-22(31)12-19)28(14-33-15-28)23(16-6-8-20(29)9-7-16)17-4-3-5-18(10-17)25-34-35-26(36)37-25/h3-13,23-24,33H,14-15H2,1-2H3,(H,35,36)/t23-,24+/m0/s1. The molecule has 0 spiro atoms. The van der Waals surface area contributed by atoms with Gasteiger partial charge in [0, 0.05) is 47.0 Å². The van der Waals surface area contributed by atoms with Gasteiger partial charge < -0.3 is 9.73 Å². The molecule has 3 aromatic carbocycles. The Balaban J connectivity index is 1.73. The van der Waals surface area contributed by atoms with E-state index in [0.29, 0.717) is 23.7 Å². The molecule has 0 aliphatic carbocycles. The fraction of sp³-hybridized carbons (Fsp3) is 0.286. The summed E-state index contributed by atoms with van der Waals surface area (Å²) in [6.07, 6.45) is 0. The minimum absolute atomic E-state index is 0.122. The number of alkyl halides is 1. The van der Waals surface area contributed by atoms with Crippen molar-refractivity contribution in [1.29, 1.82) is 0 Å². The summed E-state index contributed by atoms with van der Waals surface area (Å²) in [5.41, 5.74) is -0.169. The van der Waals surface area contributed by atoms with Gasteiger partial charge >= 0.3 is 5.76 Å². The van der Waals surface area contributed by atoms with Crippen LogP contribution in [0.15, 0.2) is 75.9 Å². The van der Waals surface area contributed by atoms with Crippen LogP contribution in [0.1, 0.15) is 42.4 Å². The number of H-pyrrole nitrogens is 1. The molecule has 2 N–H and O–H groups in total. The number of halogens is 4. The molecule has 1 aliphatic rings. The zero-order valence-corrected chi connectivity index (χ0v) is 21.0. The molecule has 1 saturated heterocycles. The highest BCUT2D eigenvalue weighted by molar-refractivity contribution is 6.30. The lowest BCUT2D eigenvalue weighted by molar-refractivity contribution is 0.0127. The van der Waals surface area contributed by atoms with E-state index >= 15 is 4.39 Å². The van der Waals surface area contributed by atoms with Crippen LogP contribution in [0.5, 0.6) is 0 Å². The van der Waals surface area contributed by atoms with Crippen molar-refractivity contribution >= 4 is 11.6 Å². The molecular formula is C28H25ClF3N3O2. The van der Waals surface area contributed by atoms with Gasteiger partial charge in [-0.3, -0.25) is 0 Å². The molecule has 5 rings (SSSR count). The minimum atomic E-state index is -1.83. The second-order valence-electron chi connectivity index (χ2n) is 10.1. The molecule has 2 atom stereocenters. The molecule has 2 heterocycles. The molecular weight excluding hydrogens is 503 g/mol. The lowest BCUT2D eigenvalue weighted by atomic mass is 9.54. The van der Waals surface area contributed by atoms with E-state index in [4.69, 9.17) is 16.0 Å². The van der Waals surface area contributed by atoms with Gasteiger partial charge in [0.05, 0.1) is 0 Å². The third-order valence-corrected chi connectivity index (χ3v) is 7.32. The van der Waals surface area contributed by atoms with Gasteiger partial charge in [0.2, 0.25) is 5.89 Å². The summed E-state index contributed by atoms with van der Waals surface area (Å²) >= 11 is 6.19. The largest absolute Gasteiger partial charge is 0.434 e. The van der Waals surface area contributed by atoms with Gasteiger partial charge in [-0.25, -0.2) is 23.1 Å². The molecule has 1 aromatic heterocycles. The third kappa shape index (κ3) is 4.83. The van der Waals surface area contributed by atoms with Crippen molar-refractivity contribution in [2.45, 2.75) is 31.4 Å². The van der Waals surface area contributed by atoms with Crippen molar-refractivity contribution in [2.24, 2.45) is 5.41 Å². The van der Waals surface area contributed by atoms with Crippen molar-refractivity contribution in [3.63, 3.8) is 0 Å². The number of hydrogen-bond donors (Lipinski definition) is 2. The maximum Gasteiger partial charge on any atom is 0.434 e. The molecule has 37 heavy (non-hydrogen) atoms. The second-order valence-corrected chi connectivity index (χ2v) is 10.5. The fourth-order valence-corrected chi connectivity index (χ4v) is 5.98. The Labute approximate surface area is 216 Å². The maximum atomic E-state index is 16.2. The van der Waals surface area contributed by atoms with Crippen molar-refractivity contribution < 1.29 is 17.6 Å². The number of aromatic amines is 1. The Kier molecular flexibility index (Phi) is 6.50. The summed E-state index contributed by atoms with van der Waals surface area (Å²) in [6, 6.07) is 17.8. The summed E-state index contributed by atoms with van der Waals surface area (Å²) in [5.74, 6) is -3.36. The highest BCUT2D eigenvalue weighted by Crippen LogP contribution is 2.57. The first-order valence-electron chi connectivity index (χ1n) is 11.8. The van der Waals surface area contributed by atoms with Crippen LogP contribution in [0, 0.1) is 17.0 Å². The summed E-state index contributed by atoms with van der Waals surface area (Å²) in [7, 11) is 0. The van der Waals surface area contributed by atoms with Crippen LogP contribution in [-0.2, 0) is 0 Å². The smallest absolute Gasteiger partial charge is 0.388 e. The molecule has 1 fully saturated rings. The number of nitrogens with zero attached hydrogens (tertiary/aromatic N) is 1. The van der Waals surface area contributed by atoms with E-state index < -0.39 is 40.3 Å². The van der Waals surface area contributed by atoms with E-state index in [0.717, 1.165) is 17.2 Å². The van der Waals surface area contributed by atoms with Crippen LogP contribution in [0.25, 0.3) is 11.5 Å². The average Bonchev–Trinajstić information content (AvgIpc) is 3.24. The Bertz CT molecular complexity index is 1450. The zero-order valence-electron chi connectivity index (χ0n) is 20.2. The lowest BCUT2D eigenvalue weighted by Crippen LogP contribution is -2.63. The lowest BCUT2D eigenvalue weighted by Gasteiger charge is -2.56. The average molecular weight is 528 g/mol. The topological polar surface area (TPSA) is 70.9 Å². The SMILES string of the molecule is CC(C)(F)[C@@H](c1cc(F)cc(F)c1)C1([C@@H](c2ccc(Cl)cc2)c2cccc(-c3n[nH]c(=O)o3)c2)CNC1. The van der Waals surface area contributed by atoms with Crippen molar-refractivity contribution in [3.05, 3.63) is 111 Å². The third-order valence-electron chi connectivity index (χ3n) is 7.07. The van der Waals surface area contributed by atoms with Gasteiger partial charge in [-0.15, -0.1) is 5.10 Å². The number of aromatic nitrogens is 2. The van der Waals surface area contributed by atoms with Gasteiger partial charge in [0.15, 0.2) is 0 Å². The number of hydrogen-bond acceptors (Lipinski definition) is 4. The van der Waals surface area contributed by atoms with Crippen LogP contribution in [0.4, 0.5) is 13.2 Å². The summed E-state index contributed by atoms with van der Waals surface area (Å²) < 4.78 is 50.1. The number of benzene rings is 3. The quantitative estimate of drug-likeness (QED) is 0.299. The highest BCUT2D eigenvalue weighted by atomic mass is 35.5. The van der Waals surface area contributed by atoms with Gasteiger partial charge in [-0.05, 0) is 66.9 Å². The molecule has 9 heteroatoms. The Hall–Kier alpha value is -3.36. The Morgan fingerprint density at radius 2 is 1.65 bits per heavy atom. The monoisotopic (exact) mass is 527 g/mol.